The molecular weight excluding hydrogens is 214 g/mol. The van der Waals surface area contributed by atoms with Crippen molar-refractivity contribution in [2.45, 2.75) is 26.2 Å². The van der Waals surface area contributed by atoms with Crippen LogP contribution in [0.2, 0.25) is 0 Å². The van der Waals surface area contributed by atoms with Gasteiger partial charge in [0.2, 0.25) is 0 Å². The van der Waals surface area contributed by atoms with Gasteiger partial charge in [-0.2, -0.15) is 0 Å². The van der Waals surface area contributed by atoms with E-state index in [0.717, 1.165) is 28.6 Å². The van der Waals surface area contributed by atoms with E-state index in [2.05, 4.69) is 14.5 Å². The molecule has 1 saturated heterocycles. The summed E-state index contributed by atoms with van der Waals surface area (Å²) < 4.78 is 3.98. The van der Waals surface area contributed by atoms with Crippen molar-refractivity contribution in [3.8, 4) is 0 Å². The summed E-state index contributed by atoms with van der Waals surface area (Å²) in [6.07, 6.45) is 3.89. The second-order valence-electron chi connectivity index (χ2n) is 3.53. The van der Waals surface area contributed by atoms with Crippen LogP contribution < -0.4 is 4.90 Å². The van der Waals surface area contributed by atoms with Gasteiger partial charge in [0, 0.05) is 29.5 Å². The fourth-order valence-corrected chi connectivity index (χ4v) is 2.69. The normalized spacial score (nSPS) is 17.1. The number of piperidine rings is 1. The Morgan fingerprint density at radius 1 is 1.36 bits per heavy atom. The predicted octanol–water partition coefficient (Wildman–Crippen LogP) is 2.27. The van der Waals surface area contributed by atoms with Gasteiger partial charge in [0.05, 0.1) is 0 Å². The summed E-state index contributed by atoms with van der Waals surface area (Å²) in [5, 5.41) is 5.24. The summed E-state index contributed by atoms with van der Waals surface area (Å²) >= 11 is 6.61. The molecule has 1 aromatic rings. The van der Waals surface area contributed by atoms with Crippen molar-refractivity contribution in [2.24, 2.45) is 0 Å². The molecule has 1 aliphatic heterocycles. The van der Waals surface area contributed by atoms with Gasteiger partial charge in [0.1, 0.15) is 10.7 Å². The third kappa shape index (κ3) is 1.93. The molecule has 14 heavy (non-hydrogen) atoms. The first-order valence-corrected chi connectivity index (χ1v) is 6.05. The van der Waals surface area contributed by atoms with Crippen molar-refractivity contribution in [1.29, 1.82) is 0 Å². The molecule has 0 aromatic carbocycles. The second kappa shape index (κ2) is 4.31. The minimum atomic E-state index is 0.847. The Labute approximate surface area is 93.3 Å². The Morgan fingerprint density at radius 3 is 2.71 bits per heavy atom. The zero-order valence-electron chi connectivity index (χ0n) is 8.19. The van der Waals surface area contributed by atoms with E-state index in [1.165, 1.54) is 30.8 Å². The first kappa shape index (κ1) is 9.98. The number of hydrogen-bond donors (Lipinski definition) is 0. The minimum Gasteiger partial charge on any atom is -0.360 e. The minimum absolute atomic E-state index is 0.847. The van der Waals surface area contributed by atoms with Gasteiger partial charge in [0.15, 0.2) is 0 Å². The first-order chi connectivity index (χ1) is 6.79. The van der Waals surface area contributed by atoms with E-state index in [0.29, 0.717) is 0 Å². The van der Waals surface area contributed by atoms with Crippen molar-refractivity contribution in [2.75, 3.05) is 18.0 Å². The lowest BCUT2D eigenvalue weighted by Crippen LogP contribution is -2.29. The van der Waals surface area contributed by atoms with E-state index in [4.69, 9.17) is 12.2 Å². The van der Waals surface area contributed by atoms with Crippen LogP contribution in [0.1, 0.15) is 31.9 Å². The molecule has 0 atom stereocenters. The monoisotopic (exact) mass is 227 g/mol. The quantitative estimate of drug-likeness (QED) is 0.572. The highest BCUT2D eigenvalue weighted by atomic mass is 32.1. The van der Waals surface area contributed by atoms with Gasteiger partial charge in [-0.3, -0.25) is 0 Å². The third-order valence-corrected chi connectivity index (χ3v) is 3.43. The van der Waals surface area contributed by atoms with Crippen LogP contribution in [-0.2, 0) is 0 Å². The van der Waals surface area contributed by atoms with Crippen LogP contribution in [0, 0.1) is 0 Å². The van der Waals surface area contributed by atoms with Gasteiger partial charge in [-0.25, -0.2) is 0 Å². The Bertz CT molecular complexity index is 329. The van der Waals surface area contributed by atoms with E-state index >= 15 is 0 Å². The van der Waals surface area contributed by atoms with Crippen LogP contribution in [0.5, 0.6) is 0 Å². The van der Waals surface area contributed by atoms with Gasteiger partial charge in [-0.1, -0.05) is 16.7 Å². The highest BCUT2D eigenvalue weighted by molar-refractivity contribution is 7.80. The highest BCUT2D eigenvalue weighted by Gasteiger charge is 2.18. The predicted molar refractivity (Wildman–Crippen MR) is 63.3 cm³/mol. The zero-order chi connectivity index (χ0) is 9.97. The summed E-state index contributed by atoms with van der Waals surface area (Å²) in [6.45, 7) is 4.17. The third-order valence-electron chi connectivity index (χ3n) is 2.45. The molecule has 1 aliphatic rings. The fourth-order valence-electron chi connectivity index (χ4n) is 1.71. The summed E-state index contributed by atoms with van der Waals surface area (Å²) in [5.74, 6) is 0. The average Bonchev–Trinajstić information content (AvgIpc) is 2.67. The molecule has 0 radical (unpaired) electrons. The Hall–Kier alpha value is -0.550. The molecule has 0 amide bonds. The van der Waals surface area contributed by atoms with Crippen LogP contribution in [0.3, 0.4) is 0 Å². The Morgan fingerprint density at radius 2 is 2.07 bits per heavy atom. The molecule has 3 nitrogen and oxygen atoms in total. The number of aromatic nitrogens is 2. The van der Waals surface area contributed by atoms with Gasteiger partial charge >= 0.3 is 0 Å². The lowest BCUT2D eigenvalue weighted by atomic mass is 10.1. The van der Waals surface area contributed by atoms with Gasteiger partial charge < -0.3 is 4.90 Å². The molecule has 1 aromatic heterocycles. The lowest BCUT2D eigenvalue weighted by molar-refractivity contribution is 0.580. The molecule has 1 fully saturated rings. The fraction of sp³-hybridized carbons (Fsp3) is 0.667. The maximum atomic E-state index is 5.15. The van der Waals surface area contributed by atoms with Gasteiger partial charge in [-0.15, -0.1) is 5.10 Å². The van der Waals surface area contributed by atoms with Crippen LogP contribution in [0.4, 0.5) is 5.00 Å². The molecule has 2 heterocycles. The molecule has 0 saturated carbocycles. The van der Waals surface area contributed by atoms with Crippen LogP contribution >= 0.6 is 23.8 Å². The number of hydrogen-bond acceptors (Lipinski definition) is 5. The van der Waals surface area contributed by atoms with Crippen LogP contribution in [0.25, 0.3) is 0 Å². The Balaban J connectivity index is 2.21. The molecule has 5 heteroatoms. The second-order valence-corrected chi connectivity index (χ2v) is 4.88. The largest absolute Gasteiger partial charge is 0.360 e. The number of nitrogens with zero attached hydrogens (tertiary/aromatic N) is 3. The zero-order valence-corrected chi connectivity index (χ0v) is 9.83. The molecular formula is C9H13N3S2. The van der Waals surface area contributed by atoms with Crippen molar-refractivity contribution < 1.29 is 0 Å². The average molecular weight is 227 g/mol. The maximum absolute atomic E-state index is 5.15. The van der Waals surface area contributed by atoms with Crippen molar-refractivity contribution in [3.05, 3.63) is 5.69 Å². The van der Waals surface area contributed by atoms with E-state index in [9.17, 15) is 0 Å². The van der Waals surface area contributed by atoms with E-state index in [1.807, 2.05) is 6.92 Å². The number of thiocarbonyl (C=S) groups is 1. The standard InChI is InChI=1S/C9H13N3S2/c1-7(13)8-9(14-11-10-8)12-5-3-2-4-6-12/h2-6H2,1H3. The number of rotatable bonds is 2. The lowest BCUT2D eigenvalue weighted by Gasteiger charge is -2.27. The first-order valence-electron chi connectivity index (χ1n) is 4.87. The summed E-state index contributed by atoms with van der Waals surface area (Å²) in [6, 6.07) is 0. The van der Waals surface area contributed by atoms with Gasteiger partial charge in [-0.05, 0) is 26.2 Å². The molecule has 2 rings (SSSR count). The van der Waals surface area contributed by atoms with E-state index in [1.54, 1.807) is 0 Å². The molecule has 76 valence electrons. The topological polar surface area (TPSA) is 29.0 Å². The Kier molecular flexibility index (Phi) is 3.08. The van der Waals surface area contributed by atoms with Gasteiger partial charge in [0.25, 0.3) is 0 Å². The summed E-state index contributed by atoms with van der Waals surface area (Å²) in [5.41, 5.74) is 0.909. The molecule has 0 unspecified atom stereocenters. The summed E-state index contributed by atoms with van der Waals surface area (Å²) in [4.78, 5) is 3.21. The SMILES string of the molecule is CC(=S)c1nnsc1N1CCCCC1. The van der Waals surface area contributed by atoms with Crippen LogP contribution in [-0.4, -0.2) is 27.5 Å². The highest BCUT2D eigenvalue weighted by Crippen LogP contribution is 2.26. The van der Waals surface area contributed by atoms with Crippen molar-refractivity contribution >= 4 is 33.6 Å². The molecule has 0 spiro atoms. The smallest absolute Gasteiger partial charge is 0.141 e. The number of anilines is 1. The molecule has 0 bridgehead atoms. The maximum Gasteiger partial charge on any atom is 0.141 e. The van der Waals surface area contributed by atoms with E-state index in [-0.39, 0.29) is 0 Å². The van der Waals surface area contributed by atoms with E-state index < -0.39 is 0 Å². The van der Waals surface area contributed by atoms with Crippen molar-refractivity contribution in [1.82, 2.24) is 9.59 Å². The van der Waals surface area contributed by atoms with Crippen molar-refractivity contribution in [3.63, 3.8) is 0 Å². The summed E-state index contributed by atoms with van der Waals surface area (Å²) in [7, 11) is 0. The molecule has 0 aliphatic carbocycles. The van der Waals surface area contributed by atoms with Crippen LogP contribution in [0.15, 0.2) is 0 Å². The molecule has 0 N–H and O–H groups in total.